The Morgan fingerprint density at radius 3 is 2.62 bits per heavy atom. The summed E-state index contributed by atoms with van der Waals surface area (Å²) >= 11 is 0. The third kappa shape index (κ3) is 4.23. The minimum Gasteiger partial charge on any atom is -0.382 e. The lowest BCUT2D eigenvalue weighted by atomic mass is 10.1. The highest BCUT2D eigenvalue weighted by Gasteiger charge is 2.55. The van der Waals surface area contributed by atoms with Gasteiger partial charge in [0.15, 0.2) is 23.6 Å². The molecular formula is C13H18N5O11P3. The average Bonchev–Trinajstić information content (AvgIpc) is 3.38. The molecule has 19 heteroatoms. The molecule has 0 spiro atoms. The molecule has 3 aliphatic rings. The molecule has 0 saturated carbocycles. The van der Waals surface area contributed by atoms with Crippen LogP contribution in [0.4, 0.5) is 5.82 Å². The number of fused-ring (bicyclic) bond motifs is 2. The molecule has 5 rings (SSSR count). The molecule has 4 N–H and O–H groups in total. The van der Waals surface area contributed by atoms with Gasteiger partial charge in [0.1, 0.15) is 30.2 Å². The normalized spacial score (nSPS) is 41.8. The Morgan fingerprint density at radius 2 is 1.91 bits per heavy atom. The van der Waals surface area contributed by atoms with Crippen molar-refractivity contribution in [2.45, 2.75) is 31.0 Å². The zero-order valence-electron chi connectivity index (χ0n) is 16.2. The number of hydrogen-bond donors (Lipinski definition) is 3. The Balaban J connectivity index is 1.36. The van der Waals surface area contributed by atoms with Crippen molar-refractivity contribution in [3.8, 4) is 0 Å². The first kappa shape index (κ1) is 22.7. The maximum absolute atomic E-state index is 11.8. The third-order valence-corrected chi connectivity index (χ3v) is 11.1. The number of ether oxygens (including phenoxy) is 4. The van der Waals surface area contributed by atoms with Crippen LogP contribution < -0.4 is 5.73 Å². The highest BCUT2D eigenvalue weighted by atomic mass is 31.3. The van der Waals surface area contributed by atoms with Gasteiger partial charge in [0.25, 0.3) is 6.48 Å². The molecule has 2 aromatic rings. The van der Waals surface area contributed by atoms with Gasteiger partial charge >= 0.3 is 23.8 Å². The molecule has 0 amide bonds. The molecule has 3 saturated heterocycles. The predicted octanol–water partition coefficient (Wildman–Crippen LogP) is 0.638. The van der Waals surface area contributed by atoms with Gasteiger partial charge in [-0.2, -0.15) is 0 Å². The number of nitrogens with zero attached hydrogens (tertiary/aromatic N) is 4. The van der Waals surface area contributed by atoms with Gasteiger partial charge in [-0.3, -0.25) is 13.7 Å². The summed E-state index contributed by atoms with van der Waals surface area (Å²) in [5, 5.41) is 0. The summed E-state index contributed by atoms with van der Waals surface area (Å²) in [5.41, 5.74) is 6.62. The van der Waals surface area contributed by atoms with Gasteiger partial charge in [-0.05, 0) is 0 Å². The molecule has 176 valence electrons. The largest absolute Gasteiger partial charge is 0.382 e. The first-order valence-electron chi connectivity index (χ1n) is 9.04. The summed E-state index contributed by atoms with van der Waals surface area (Å²) in [6, 6.07) is 0. The fourth-order valence-corrected chi connectivity index (χ4v) is 9.36. The average molecular weight is 513 g/mol. The van der Waals surface area contributed by atoms with Gasteiger partial charge in [-0.25, -0.2) is 23.6 Å². The van der Waals surface area contributed by atoms with Crippen LogP contribution in [0, 0.1) is 0 Å². The van der Waals surface area contributed by atoms with Crippen molar-refractivity contribution in [2.24, 2.45) is 0 Å². The lowest BCUT2D eigenvalue weighted by Gasteiger charge is -2.28. The molecule has 2 aromatic heterocycles. The fourth-order valence-electron chi connectivity index (χ4n) is 3.51. The van der Waals surface area contributed by atoms with Crippen molar-refractivity contribution in [1.29, 1.82) is 0 Å². The van der Waals surface area contributed by atoms with Crippen LogP contribution >= 0.6 is 23.8 Å². The Hall–Kier alpha value is -1.12. The van der Waals surface area contributed by atoms with Crippen LogP contribution in [0.25, 0.3) is 11.2 Å². The van der Waals surface area contributed by atoms with E-state index >= 15 is 0 Å². The van der Waals surface area contributed by atoms with Crippen molar-refractivity contribution >= 4 is 40.8 Å². The van der Waals surface area contributed by atoms with Crippen LogP contribution in [-0.4, -0.2) is 73.7 Å². The molecule has 0 bridgehead atoms. The van der Waals surface area contributed by atoms with Gasteiger partial charge in [0.2, 0.25) is 0 Å². The molecule has 0 aromatic carbocycles. The van der Waals surface area contributed by atoms with E-state index < -0.39 is 60.7 Å². The molecular weight excluding hydrogens is 495 g/mol. The van der Waals surface area contributed by atoms with E-state index in [1.165, 1.54) is 19.8 Å². The fraction of sp³-hybridized carbons (Fsp3) is 0.615. The van der Waals surface area contributed by atoms with Crippen molar-refractivity contribution < 1.29 is 51.0 Å². The standard InChI is InChI=1S/C13H18N5O11P3/c1-23-13-26-8-6(2-24-30-28-31(19,20)5-32(21,22)29-30)25-12(9(8)27-13)18-4-17-7-10(14)15-3-16-11(7)18/h3-4,6,8-9,12-13H,2,5H2,1H3,(H,19,20)(H,21,22)(H2,14,15,16)/t6-,8?,9+,12-,13?/m1/s1. The molecule has 32 heavy (non-hydrogen) atoms. The maximum Gasteiger partial charge on any atom is 0.348 e. The van der Waals surface area contributed by atoms with Gasteiger partial charge in [-0.15, -0.1) is 0 Å². The number of imidazole rings is 1. The van der Waals surface area contributed by atoms with E-state index in [4.69, 9.17) is 37.8 Å². The zero-order chi connectivity index (χ0) is 22.7. The number of nitrogens with two attached hydrogens (primary N) is 1. The predicted molar refractivity (Wildman–Crippen MR) is 104 cm³/mol. The first-order valence-corrected chi connectivity index (χ1v) is 13.7. The SMILES string of the molecule is COC1OC2[C@@H](COP3OP(=O)(O)CP(=O)(O)O3)O[C@@H](n3cnc4c(N)ncnc43)[C@H]2O1. The molecule has 3 aliphatic heterocycles. The lowest BCUT2D eigenvalue weighted by molar-refractivity contribution is -0.256. The van der Waals surface area contributed by atoms with Crippen LogP contribution in [0.1, 0.15) is 6.23 Å². The van der Waals surface area contributed by atoms with Crippen molar-refractivity contribution in [3.63, 3.8) is 0 Å². The number of anilines is 1. The Morgan fingerprint density at radius 1 is 1.19 bits per heavy atom. The van der Waals surface area contributed by atoms with Crippen LogP contribution in [0.15, 0.2) is 12.7 Å². The number of methoxy groups -OCH3 is 1. The second-order valence-electron chi connectivity index (χ2n) is 6.97. The summed E-state index contributed by atoms with van der Waals surface area (Å²) in [5.74, 6) is -0.821. The summed E-state index contributed by atoms with van der Waals surface area (Å²) in [4.78, 5) is 31.5. The number of aromatic nitrogens is 4. The van der Waals surface area contributed by atoms with Crippen LogP contribution in [-0.2, 0) is 41.2 Å². The van der Waals surface area contributed by atoms with E-state index in [0.29, 0.717) is 11.2 Å². The van der Waals surface area contributed by atoms with E-state index in [1.807, 2.05) is 0 Å². The summed E-state index contributed by atoms with van der Waals surface area (Å²) in [7, 11) is -9.85. The number of nitrogen functional groups attached to an aromatic ring is 1. The summed E-state index contributed by atoms with van der Waals surface area (Å²) in [6.07, 6.45) is -0.185. The van der Waals surface area contributed by atoms with Gasteiger partial charge in [-0.1, -0.05) is 0 Å². The Labute approximate surface area is 181 Å². The minimum atomic E-state index is -4.34. The lowest BCUT2D eigenvalue weighted by Crippen LogP contribution is -2.31. The molecule has 0 aliphatic carbocycles. The van der Waals surface area contributed by atoms with Crippen molar-refractivity contribution in [1.82, 2.24) is 19.5 Å². The van der Waals surface area contributed by atoms with E-state index in [-0.39, 0.29) is 12.4 Å². The topological polar surface area (TPSA) is 209 Å². The van der Waals surface area contributed by atoms with Gasteiger partial charge < -0.3 is 39.0 Å². The van der Waals surface area contributed by atoms with E-state index in [0.717, 1.165) is 0 Å². The van der Waals surface area contributed by atoms with Gasteiger partial charge in [0.05, 0.1) is 12.9 Å². The molecule has 3 fully saturated rings. The second-order valence-corrected chi connectivity index (χ2v) is 12.7. The molecule has 16 nitrogen and oxygen atoms in total. The monoisotopic (exact) mass is 513 g/mol. The van der Waals surface area contributed by atoms with E-state index in [2.05, 4.69) is 15.0 Å². The highest BCUT2D eigenvalue weighted by Crippen LogP contribution is 2.75. The van der Waals surface area contributed by atoms with Crippen LogP contribution in [0.5, 0.6) is 0 Å². The second kappa shape index (κ2) is 8.27. The van der Waals surface area contributed by atoms with Crippen LogP contribution in [0.2, 0.25) is 0 Å². The van der Waals surface area contributed by atoms with Crippen molar-refractivity contribution in [2.75, 3.05) is 25.4 Å². The van der Waals surface area contributed by atoms with Crippen molar-refractivity contribution in [3.05, 3.63) is 12.7 Å². The third-order valence-electron chi connectivity index (χ3n) is 4.77. The molecule has 5 heterocycles. The molecule has 7 atom stereocenters. The summed E-state index contributed by atoms with van der Waals surface area (Å²) < 4.78 is 62.8. The molecule has 4 unspecified atom stereocenters. The quantitative estimate of drug-likeness (QED) is 0.469. The summed E-state index contributed by atoms with van der Waals surface area (Å²) in [6.45, 7) is -1.25. The van der Waals surface area contributed by atoms with E-state index in [9.17, 15) is 18.9 Å². The number of hydrogen-bond acceptors (Lipinski definition) is 13. The smallest absolute Gasteiger partial charge is 0.348 e. The molecule has 0 radical (unpaired) electrons. The van der Waals surface area contributed by atoms with E-state index in [1.54, 1.807) is 4.57 Å². The van der Waals surface area contributed by atoms with Gasteiger partial charge in [0, 0.05) is 7.11 Å². The first-order chi connectivity index (χ1) is 15.2. The highest BCUT2D eigenvalue weighted by molar-refractivity contribution is 7.79. The Kier molecular flexibility index (Phi) is 5.86. The maximum atomic E-state index is 11.8. The minimum absolute atomic E-state index is 0.192. The zero-order valence-corrected chi connectivity index (χ0v) is 18.9. The Bertz CT molecular complexity index is 1090. The number of rotatable bonds is 5. The van der Waals surface area contributed by atoms with Crippen LogP contribution in [0.3, 0.4) is 0 Å².